The van der Waals surface area contributed by atoms with Crippen LogP contribution in [0.25, 0.3) is 0 Å². The van der Waals surface area contributed by atoms with Gasteiger partial charge in [0.1, 0.15) is 12.2 Å². The van der Waals surface area contributed by atoms with Crippen molar-refractivity contribution in [2.24, 2.45) is 7.05 Å². The molecule has 2 heterocycles. The lowest BCUT2D eigenvalue weighted by molar-refractivity contribution is 0.0736. The first-order valence-electron chi connectivity index (χ1n) is 8.38. The van der Waals surface area contributed by atoms with Gasteiger partial charge < -0.3 is 14.7 Å². The normalized spacial score (nSPS) is 21.5. The molecule has 0 radical (unpaired) electrons. The molecule has 0 unspecified atom stereocenters. The minimum atomic E-state index is -0.454. The molecule has 0 bridgehead atoms. The molecular formula is C18H26N4O2. The van der Waals surface area contributed by atoms with Crippen molar-refractivity contribution in [1.29, 1.82) is 0 Å². The average Bonchev–Trinajstić information content (AvgIpc) is 3.13. The average molecular weight is 330 g/mol. The van der Waals surface area contributed by atoms with E-state index in [4.69, 9.17) is 4.74 Å². The van der Waals surface area contributed by atoms with Crippen molar-refractivity contribution in [3.8, 4) is 5.75 Å². The topological polar surface area (TPSA) is 53.8 Å². The number of benzene rings is 1. The molecule has 24 heavy (non-hydrogen) atoms. The van der Waals surface area contributed by atoms with Crippen LogP contribution in [0.4, 0.5) is 0 Å². The summed E-state index contributed by atoms with van der Waals surface area (Å²) >= 11 is 0. The van der Waals surface area contributed by atoms with Gasteiger partial charge in [0, 0.05) is 39.8 Å². The number of rotatable bonds is 7. The van der Waals surface area contributed by atoms with Crippen LogP contribution in [0.2, 0.25) is 0 Å². The summed E-state index contributed by atoms with van der Waals surface area (Å²) in [5, 5.41) is 14.3. The molecule has 0 saturated carbocycles. The number of aliphatic hydroxyl groups excluding tert-OH is 1. The Morgan fingerprint density at radius 1 is 1.29 bits per heavy atom. The van der Waals surface area contributed by atoms with Crippen molar-refractivity contribution in [2.45, 2.75) is 18.8 Å². The van der Waals surface area contributed by atoms with Gasteiger partial charge in [0.05, 0.1) is 12.4 Å². The first-order valence-corrected chi connectivity index (χ1v) is 8.38. The Bertz CT molecular complexity index is 631. The lowest BCUT2D eigenvalue weighted by Gasteiger charge is -2.21. The highest BCUT2D eigenvalue weighted by Crippen LogP contribution is 2.18. The van der Waals surface area contributed by atoms with E-state index in [1.807, 2.05) is 19.3 Å². The molecule has 1 N–H and O–H groups in total. The zero-order valence-electron chi connectivity index (χ0n) is 14.4. The number of likely N-dealkylation sites (tertiary alicyclic amines) is 1. The minimum absolute atomic E-state index is 0.186. The molecular weight excluding hydrogens is 304 g/mol. The molecule has 0 spiro atoms. The van der Waals surface area contributed by atoms with Crippen molar-refractivity contribution in [3.05, 3.63) is 48.3 Å². The van der Waals surface area contributed by atoms with E-state index >= 15 is 0 Å². The molecule has 0 amide bonds. The van der Waals surface area contributed by atoms with E-state index < -0.39 is 6.10 Å². The summed E-state index contributed by atoms with van der Waals surface area (Å²) < 4.78 is 7.55. The fourth-order valence-electron chi connectivity index (χ4n) is 3.05. The van der Waals surface area contributed by atoms with E-state index in [-0.39, 0.29) is 6.10 Å². The molecule has 1 aliphatic heterocycles. The molecule has 3 rings (SSSR count). The fourth-order valence-corrected chi connectivity index (χ4v) is 3.05. The number of hydrogen-bond acceptors (Lipinski definition) is 5. The van der Waals surface area contributed by atoms with E-state index in [2.05, 4.69) is 46.2 Å². The van der Waals surface area contributed by atoms with Gasteiger partial charge in [0.25, 0.3) is 0 Å². The van der Waals surface area contributed by atoms with Crippen LogP contribution in [0.15, 0.2) is 42.7 Å². The van der Waals surface area contributed by atoms with Gasteiger partial charge in [-0.2, -0.15) is 5.10 Å². The predicted octanol–water partition coefficient (Wildman–Crippen LogP) is 0.976. The van der Waals surface area contributed by atoms with Crippen LogP contribution < -0.4 is 4.74 Å². The second-order valence-electron chi connectivity index (χ2n) is 6.56. The maximum absolute atomic E-state index is 10.2. The third-order valence-electron chi connectivity index (χ3n) is 4.37. The summed E-state index contributed by atoms with van der Waals surface area (Å²) in [5.74, 6) is 0.713. The summed E-state index contributed by atoms with van der Waals surface area (Å²) in [6.07, 6.45) is 2.87. The van der Waals surface area contributed by atoms with Crippen LogP contribution >= 0.6 is 0 Å². The molecule has 6 heteroatoms. The van der Waals surface area contributed by atoms with Gasteiger partial charge in [-0.25, -0.2) is 0 Å². The Hall–Kier alpha value is -1.89. The van der Waals surface area contributed by atoms with Gasteiger partial charge in [-0.05, 0) is 12.6 Å². The van der Waals surface area contributed by atoms with Crippen molar-refractivity contribution in [1.82, 2.24) is 19.6 Å². The van der Waals surface area contributed by atoms with Crippen LogP contribution in [0.5, 0.6) is 5.75 Å². The maximum atomic E-state index is 10.2. The van der Waals surface area contributed by atoms with Gasteiger partial charge in [0.2, 0.25) is 0 Å². The highest BCUT2D eigenvalue weighted by atomic mass is 16.5. The molecule has 130 valence electrons. The lowest BCUT2D eigenvalue weighted by atomic mass is 10.2. The molecule has 1 aromatic carbocycles. The Labute approximate surface area is 143 Å². The zero-order chi connectivity index (χ0) is 16.9. The maximum Gasteiger partial charge on any atom is 0.157 e. The smallest absolute Gasteiger partial charge is 0.157 e. The van der Waals surface area contributed by atoms with E-state index in [9.17, 15) is 5.11 Å². The number of β-amino-alcohol motifs (C(OH)–C–C–N with tert-alkyl or cyclic N) is 1. The number of hydrogen-bond donors (Lipinski definition) is 1. The molecule has 1 aliphatic rings. The van der Waals surface area contributed by atoms with Crippen LogP contribution in [-0.2, 0) is 13.6 Å². The van der Waals surface area contributed by atoms with Gasteiger partial charge in [0.15, 0.2) is 5.75 Å². The van der Waals surface area contributed by atoms with Gasteiger partial charge >= 0.3 is 0 Å². The number of ether oxygens (including phenoxy) is 1. The van der Waals surface area contributed by atoms with Crippen LogP contribution in [0.1, 0.15) is 5.56 Å². The monoisotopic (exact) mass is 330 g/mol. The molecule has 6 nitrogen and oxygen atoms in total. The molecule has 2 atom stereocenters. The summed E-state index contributed by atoms with van der Waals surface area (Å²) in [7, 11) is 3.98. The van der Waals surface area contributed by atoms with Gasteiger partial charge in [-0.3, -0.25) is 9.58 Å². The minimum Gasteiger partial charge on any atom is -0.483 e. The number of aromatic nitrogens is 2. The third kappa shape index (κ3) is 4.56. The first-order chi connectivity index (χ1) is 11.6. The van der Waals surface area contributed by atoms with Crippen molar-refractivity contribution in [2.75, 3.05) is 33.2 Å². The van der Waals surface area contributed by atoms with Crippen LogP contribution in [0.3, 0.4) is 0 Å². The number of aryl methyl sites for hydroxylation is 1. The standard InChI is InChI=1S/C18H26N4O2/c1-20(11-15-6-4-3-5-7-15)8-9-22-13-17(23)18(14-22)24-16-10-19-21(2)12-16/h3-7,10,12,17-18,23H,8-9,11,13-14H2,1-2H3/t17-,18-/m1/s1. The highest BCUT2D eigenvalue weighted by molar-refractivity contribution is 5.14. The Balaban J connectivity index is 1.43. The number of likely N-dealkylation sites (N-methyl/N-ethyl adjacent to an activating group) is 1. The summed E-state index contributed by atoms with van der Waals surface area (Å²) in [6.45, 7) is 4.22. The molecule has 1 aromatic heterocycles. The van der Waals surface area contributed by atoms with Crippen molar-refractivity contribution < 1.29 is 9.84 Å². The molecule has 1 saturated heterocycles. The van der Waals surface area contributed by atoms with Crippen LogP contribution in [-0.4, -0.2) is 70.1 Å². The molecule has 0 aliphatic carbocycles. The van der Waals surface area contributed by atoms with E-state index in [1.165, 1.54) is 5.56 Å². The summed E-state index contributed by atoms with van der Waals surface area (Å²) in [5.41, 5.74) is 1.32. The summed E-state index contributed by atoms with van der Waals surface area (Å²) in [6, 6.07) is 10.5. The largest absolute Gasteiger partial charge is 0.483 e. The second kappa shape index (κ2) is 7.79. The molecule has 1 fully saturated rings. The van der Waals surface area contributed by atoms with Crippen molar-refractivity contribution in [3.63, 3.8) is 0 Å². The Morgan fingerprint density at radius 3 is 2.79 bits per heavy atom. The van der Waals surface area contributed by atoms with E-state index in [0.717, 1.165) is 26.2 Å². The van der Waals surface area contributed by atoms with Gasteiger partial charge in [-0.15, -0.1) is 0 Å². The van der Waals surface area contributed by atoms with E-state index in [0.29, 0.717) is 12.3 Å². The van der Waals surface area contributed by atoms with Gasteiger partial charge in [-0.1, -0.05) is 30.3 Å². The Morgan fingerprint density at radius 2 is 2.08 bits per heavy atom. The van der Waals surface area contributed by atoms with Crippen LogP contribution in [0, 0.1) is 0 Å². The van der Waals surface area contributed by atoms with Crippen molar-refractivity contribution >= 4 is 0 Å². The Kier molecular flexibility index (Phi) is 5.50. The highest BCUT2D eigenvalue weighted by Gasteiger charge is 2.33. The fraction of sp³-hybridized carbons (Fsp3) is 0.500. The predicted molar refractivity (Wildman–Crippen MR) is 92.8 cm³/mol. The quantitative estimate of drug-likeness (QED) is 0.820. The van der Waals surface area contributed by atoms with E-state index in [1.54, 1.807) is 10.9 Å². The zero-order valence-corrected chi connectivity index (χ0v) is 14.4. The second-order valence-corrected chi connectivity index (χ2v) is 6.56. The lowest BCUT2D eigenvalue weighted by Crippen LogP contribution is -2.33. The summed E-state index contributed by atoms with van der Waals surface area (Å²) in [4.78, 5) is 4.56. The number of aliphatic hydroxyl groups is 1. The first kappa shape index (κ1) is 17.0. The SMILES string of the molecule is CN(CCN1C[C@@H](O)[C@H](Oc2cnn(C)c2)C1)Cc1ccccc1. The third-order valence-corrected chi connectivity index (χ3v) is 4.37. The molecule has 2 aromatic rings. The number of nitrogens with zero attached hydrogens (tertiary/aromatic N) is 4.